The van der Waals surface area contributed by atoms with Crippen molar-refractivity contribution in [2.45, 2.75) is 72.3 Å². The predicted molar refractivity (Wildman–Crippen MR) is 106 cm³/mol. The van der Waals surface area contributed by atoms with Crippen LogP contribution in [0.1, 0.15) is 72.4 Å². The molecule has 26 heavy (non-hydrogen) atoms. The third-order valence-electron chi connectivity index (χ3n) is 5.07. The maximum Gasteiger partial charge on any atom is 0.190 e. The lowest BCUT2D eigenvalue weighted by atomic mass is 9.78. The Balaban J connectivity index is 2.55. The van der Waals surface area contributed by atoms with Gasteiger partial charge in [0.15, 0.2) is 11.6 Å². The van der Waals surface area contributed by atoms with Gasteiger partial charge >= 0.3 is 0 Å². The topological polar surface area (TPSA) is 54.4 Å². The van der Waals surface area contributed by atoms with Gasteiger partial charge in [-0.25, -0.2) is 0 Å². The Hall–Kier alpha value is -2.00. The summed E-state index contributed by atoms with van der Waals surface area (Å²) in [5.41, 5.74) is 3.11. The third kappa shape index (κ3) is 4.21. The van der Waals surface area contributed by atoms with E-state index in [0.717, 1.165) is 5.56 Å². The predicted octanol–water partition coefficient (Wildman–Crippen LogP) is 4.78. The zero-order valence-corrected chi connectivity index (χ0v) is 17.0. The first kappa shape index (κ1) is 20.3. The maximum absolute atomic E-state index is 13.0. The van der Waals surface area contributed by atoms with Gasteiger partial charge in [0.1, 0.15) is 0 Å². The zero-order valence-electron chi connectivity index (χ0n) is 17.0. The quantitative estimate of drug-likeness (QED) is 0.792. The highest BCUT2D eigenvalue weighted by atomic mass is 16.3. The van der Waals surface area contributed by atoms with Gasteiger partial charge in [0, 0.05) is 22.3 Å². The van der Waals surface area contributed by atoms with Crippen LogP contribution in [0.25, 0.3) is 5.57 Å². The highest BCUT2D eigenvalue weighted by molar-refractivity contribution is 6.39. The molecule has 0 saturated carbocycles. The first-order valence-electron chi connectivity index (χ1n) is 9.16. The number of hydrogen-bond acceptors (Lipinski definition) is 3. The van der Waals surface area contributed by atoms with Crippen LogP contribution in [0.3, 0.4) is 0 Å². The summed E-state index contributed by atoms with van der Waals surface area (Å²) >= 11 is 0. The van der Waals surface area contributed by atoms with Gasteiger partial charge in [-0.1, -0.05) is 45.0 Å². The molecule has 1 aliphatic carbocycles. The van der Waals surface area contributed by atoms with Crippen molar-refractivity contribution in [3.05, 3.63) is 52.1 Å². The third-order valence-corrected chi connectivity index (χ3v) is 5.07. The molecule has 0 heterocycles. The molecule has 1 aromatic rings. The van der Waals surface area contributed by atoms with E-state index in [0.29, 0.717) is 35.1 Å². The van der Waals surface area contributed by atoms with E-state index in [1.807, 2.05) is 24.3 Å². The van der Waals surface area contributed by atoms with E-state index >= 15 is 0 Å². The van der Waals surface area contributed by atoms with Crippen LogP contribution in [0.2, 0.25) is 0 Å². The molecule has 140 valence electrons. The molecular weight excluding hydrogens is 324 g/mol. The van der Waals surface area contributed by atoms with Crippen molar-refractivity contribution in [2.24, 2.45) is 0 Å². The number of aliphatic hydroxyl groups is 1. The summed E-state index contributed by atoms with van der Waals surface area (Å²) in [6, 6.07) is 7.90. The number of carbonyl (C=O) groups excluding carboxylic acids is 2. The van der Waals surface area contributed by atoms with Gasteiger partial charge < -0.3 is 5.11 Å². The molecule has 0 unspecified atom stereocenters. The van der Waals surface area contributed by atoms with E-state index in [9.17, 15) is 14.7 Å². The lowest BCUT2D eigenvalue weighted by molar-refractivity contribution is -0.115. The largest absolute Gasteiger partial charge is 0.390 e. The molecule has 0 atom stereocenters. The minimum Gasteiger partial charge on any atom is -0.390 e. The SMILES string of the molecule is CC1=C(C)C(=O)C(c2ccc(C(C)(C)C)cc2)=C(CCC(C)(C)O)C1=O. The number of carbonyl (C=O) groups is 2. The van der Waals surface area contributed by atoms with E-state index in [2.05, 4.69) is 20.8 Å². The fourth-order valence-electron chi connectivity index (χ4n) is 3.12. The molecule has 1 N–H and O–H groups in total. The number of rotatable bonds is 4. The number of Topliss-reactive ketones (excluding diaryl/α,β-unsaturated/α-hetero) is 2. The van der Waals surface area contributed by atoms with Crippen molar-refractivity contribution >= 4 is 17.1 Å². The summed E-state index contributed by atoms with van der Waals surface area (Å²) in [6.07, 6.45) is 0.812. The molecule has 0 saturated heterocycles. The van der Waals surface area contributed by atoms with E-state index in [1.54, 1.807) is 27.7 Å². The molecule has 0 aromatic heterocycles. The van der Waals surface area contributed by atoms with Gasteiger partial charge in [0.25, 0.3) is 0 Å². The summed E-state index contributed by atoms with van der Waals surface area (Å²) < 4.78 is 0. The van der Waals surface area contributed by atoms with Crippen LogP contribution >= 0.6 is 0 Å². The average Bonchev–Trinajstić information content (AvgIpc) is 2.53. The minimum atomic E-state index is -0.887. The summed E-state index contributed by atoms with van der Waals surface area (Å²) in [6.45, 7) is 13.3. The number of hydrogen-bond donors (Lipinski definition) is 1. The molecule has 1 aliphatic rings. The molecule has 0 bridgehead atoms. The van der Waals surface area contributed by atoms with Crippen LogP contribution in [-0.4, -0.2) is 22.3 Å². The highest BCUT2D eigenvalue weighted by Crippen LogP contribution is 2.35. The molecule has 3 nitrogen and oxygen atoms in total. The Morgan fingerprint density at radius 3 is 1.81 bits per heavy atom. The van der Waals surface area contributed by atoms with Crippen LogP contribution in [0.4, 0.5) is 0 Å². The van der Waals surface area contributed by atoms with E-state index in [4.69, 9.17) is 0 Å². The van der Waals surface area contributed by atoms with E-state index < -0.39 is 5.60 Å². The van der Waals surface area contributed by atoms with Crippen molar-refractivity contribution in [3.8, 4) is 0 Å². The van der Waals surface area contributed by atoms with E-state index in [1.165, 1.54) is 5.56 Å². The van der Waals surface area contributed by atoms with Crippen molar-refractivity contribution < 1.29 is 14.7 Å². The second kappa shape index (κ2) is 6.96. The van der Waals surface area contributed by atoms with Gasteiger partial charge in [0.05, 0.1) is 5.60 Å². The molecule has 0 amide bonds. The molecule has 2 rings (SSSR count). The van der Waals surface area contributed by atoms with Crippen LogP contribution in [-0.2, 0) is 15.0 Å². The van der Waals surface area contributed by atoms with Gasteiger partial charge in [-0.05, 0) is 57.1 Å². The van der Waals surface area contributed by atoms with Crippen LogP contribution in [0, 0.1) is 0 Å². The molecular formula is C23H30O3. The second-order valence-electron chi connectivity index (χ2n) is 8.90. The van der Waals surface area contributed by atoms with E-state index in [-0.39, 0.29) is 17.0 Å². The fourth-order valence-corrected chi connectivity index (χ4v) is 3.12. The zero-order chi connectivity index (χ0) is 19.9. The second-order valence-corrected chi connectivity index (χ2v) is 8.90. The summed E-state index contributed by atoms with van der Waals surface area (Å²) in [4.78, 5) is 25.8. The van der Waals surface area contributed by atoms with Crippen LogP contribution in [0.5, 0.6) is 0 Å². The average molecular weight is 354 g/mol. The van der Waals surface area contributed by atoms with Gasteiger partial charge in [0.2, 0.25) is 0 Å². The summed E-state index contributed by atoms with van der Waals surface area (Å²) in [5, 5.41) is 10.1. The van der Waals surface area contributed by atoms with Crippen molar-refractivity contribution in [2.75, 3.05) is 0 Å². The minimum absolute atomic E-state index is 0.0233. The Labute approximate surface area is 156 Å². The van der Waals surface area contributed by atoms with Crippen LogP contribution in [0.15, 0.2) is 41.0 Å². The lowest BCUT2D eigenvalue weighted by Crippen LogP contribution is -2.24. The van der Waals surface area contributed by atoms with Crippen molar-refractivity contribution in [3.63, 3.8) is 0 Å². The number of benzene rings is 1. The monoisotopic (exact) mass is 354 g/mol. The summed E-state index contributed by atoms with van der Waals surface area (Å²) in [5.74, 6) is -0.169. The van der Waals surface area contributed by atoms with Gasteiger partial charge in [-0.3, -0.25) is 9.59 Å². The van der Waals surface area contributed by atoms with Crippen molar-refractivity contribution in [1.29, 1.82) is 0 Å². The fraction of sp³-hybridized carbons (Fsp3) is 0.478. The Morgan fingerprint density at radius 1 is 0.846 bits per heavy atom. The molecule has 0 aliphatic heterocycles. The summed E-state index contributed by atoms with van der Waals surface area (Å²) in [7, 11) is 0. The van der Waals surface area contributed by atoms with Crippen molar-refractivity contribution in [1.82, 2.24) is 0 Å². The standard InChI is InChI=1S/C23H30O3/c1-14-15(2)21(25)19(18(20(14)24)12-13-23(6,7)26)16-8-10-17(11-9-16)22(3,4)5/h8-11,26H,12-13H2,1-7H3. The Morgan fingerprint density at radius 2 is 1.35 bits per heavy atom. The lowest BCUT2D eigenvalue weighted by Gasteiger charge is -2.24. The first-order valence-corrected chi connectivity index (χ1v) is 9.16. The number of allylic oxidation sites excluding steroid dienone is 4. The Bertz CT molecular complexity index is 791. The number of ketones is 2. The molecule has 0 radical (unpaired) electrons. The highest BCUT2D eigenvalue weighted by Gasteiger charge is 2.32. The Kier molecular flexibility index (Phi) is 5.44. The molecule has 1 aromatic carbocycles. The molecule has 0 fully saturated rings. The molecule has 3 heteroatoms. The smallest absolute Gasteiger partial charge is 0.190 e. The maximum atomic E-state index is 13.0. The molecule has 0 spiro atoms. The first-order chi connectivity index (χ1) is 11.8. The van der Waals surface area contributed by atoms with Gasteiger partial charge in [-0.2, -0.15) is 0 Å². The van der Waals surface area contributed by atoms with Gasteiger partial charge in [-0.15, -0.1) is 0 Å². The normalized spacial score (nSPS) is 16.6. The van der Waals surface area contributed by atoms with Crippen LogP contribution < -0.4 is 0 Å².